The summed E-state index contributed by atoms with van der Waals surface area (Å²) in [5, 5.41) is 11.4. The minimum atomic E-state index is -1.08. The summed E-state index contributed by atoms with van der Waals surface area (Å²) < 4.78 is 0. The lowest BCUT2D eigenvalue weighted by atomic mass is 10.1. The largest absolute Gasteiger partial charge is 0.480 e. The Labute approximate surface area is 110 Å². The van der Waals surface area contributed by atoms with E-state index in [-0.39, 0.29) is 11.3 Å². The molecule has 7 heteroatoms. The summed E-state index contributed by atoms with van der Waals surface area (Å²) in [5.74, 6) is -2.31. The van der Waals surface area contributed by atoms with Crippen LogP contribution in [0.5, 0.6) is 0 Å². The van der Waals surface area contributed by atoms with Crippen LogP contribution in [-0.2, 0) is 4.79 Å². The van der Waals surface area contributed by atoms with Crippen LogP contribution in [-0.4, -0.2) is 33.9 Å². The third-order valence-electron chi connectivity index (χ3n) is 2.66. The third-order valence-corrected chi connectivity index (χ3v) is 2.66. The van der Waals surface area contributed by atoms with Gasteiger partial charge < -0.3 is 21.1 Å². The smallest absolute Gasteiger partial charge is 0.326 e. The number of H-pyrrole nitrogens is 1. The van der Waals surface area contributed by atoms with Crippen molar-refractivity contribution in [3.63, 3.8) is 0 Å². The Morgan fingerprint density at radius 2 is 2.16 bits per heavy atom. The van der Waals surface area contributed by atoms with Gasteiger partial charge in [0.05, 0.1) is 5.56 Å². The molecule has 0 bridgehead atoms. The van der Waals surface area contributed by atoms with E-state index in [9.17, 15) is 14.4 Å². The first kappa shape index (κ1) is 14.7. The van der Waals surface area contributed by atoms with Crippen LogP contribution in [0.1, 0.15) is 47.0 Å². The van der Waals surface area contributed by atoms with Crippen LogP contribution in [0, 0.1) is 0 Å². The van der Waals surface area contributed by atoms with Gasteiger partial charge in [-0.15, -0.1) is 0 Å². The second-order valence-electron chi connectivity index (χ2n) is 4.17. The molecule has 2 amide bonds. The van der Waals surface area contributed by atoms with E-state index in [0.717, 1.165) is 6.42 Å². The van der Waals surface area contributed by atoms with Crippen molar-refractivity contribution in [2.75, 3.05) is 0 Å². The molecule has 7 nitrogen and oxygen atoms in total. The highest BCUT2D eigenvalue weighted by Crippen LogP contribution is 2.05. The molecule has 0 aliphatic rings. The minimum absolute atomic E-state index is 0.108. The summed E-state index contributed by atoms with van der Waals surface area (Å²) in [6.07, 6.45) is 3.21. The first-order valence-corrected chi connectivity index (χ1v) is 5.97. The molecule has 1 heterocycles. The lowest BCUT2D eigenvalue weighted by Gasteiger charge is -2.13. The van der Waals surface area contributed by atoms with Gasteiger partial charge >= 0.3 is 5.97 Å². The van der Waals surface area contributed by atoms with Crippen LogP contribution >= 0.6 is 0 Å². The molecule has 0 fully saturated rings. The van der Waals surface area contributed by atoms with Crippen LogP contribution in [0.2, 0.25) is 0 Å². The van der Waals surface area contributed by atoms with Crippen molar-refractivity contribution >= 4 is 17.8 Å². The molecule has 1 rings (SSSR count). The Morgan fingerprint density at radius 3 is 2.63 bits per heavy atom. The zero-order valence-corrected chi connectivity index (χ0v) is 10.6. The summed E-state index contributed by atoms with van der Waals surface area (Å²) in [5.41, 5.74) is 5.34. The van der Waals surface area contributed by atoms with E-state index < -0.39 is 23.8 Å². The van der Waals surface area contributed by atoms with E-state index in [1.54, 1.807) is 0 Å². The highest BCUT2D eigenvalue weighted by Gasteiger charge is 2.21. The molecule has 0 saturated heterocycles. The molecule has 104 valence electrons. The zero-order chi connectivity index (χ0) is 14.4. The highest BCUT2D eigenvalue weighted by atomic mass is 16.4. The molecule has 5 N–H and O–H groups in total. The number of aliphatic carboxylic acids is 1. The molecule has 1 aromatic rings. The summed E-state index contributed by atoms with van der Waals surface area (Å²) in [4.78, 5) is 36.3. The molecule has 0 aliphatic heterocycles. The number of nitrogens with two attached hydrogens (primary N) is 1. The SMILES string of the molecule is CCCC[C@H](NC(=O)c1cc(C(N)=O)c[nH]1)C(=O)O. The standard InChI is InChI=1S/C12H17N3O4/c1-2-3-4-8(12(18)19)15-11(17)9-5-7(6-14-9)10(13)16/h5-6,8,14H,2-4H2,1H3,(H2,13,16)(H,15,17)(H,18,19)/t8-/m0/s1. The number of aromatic nitrogens is 1. The molecule has 0 aromatic carbocycles. The quantitative estimate of drug-likeness (QED) is 0.573. The van der Waals surface area contributed by atoms with Gasteiger partial charge in [0.1, 0.15) is 11.7 Å². The van der Waals surface area contributed by atoms with Gasteiger partial charge in [0, 0.05) is 6.20 Å². The normalized spacial score (nSPS) is 11.8. The molecule has 19 heavy (non-hydrogen) atoms. The second kappa shape index (κ2) is 6.58. The number of carboxylic acid groups (broad SMARTS) is 1. The van der Waals surface area contributed by atoms with Gasteiger partial charge in [0.15, 0.2) is 0 Å². The Balaban J connectivity index is 2.70. The van der Waals surface area contributed by atoms with Gasteiger partial charge in [0.25, 0.3) is 5.91 Å². The van der Waals surface area contributed by atoms with Crippen LogP contribution in [0.3, 0.4) is 0 Å². The van der Waals surface area contributed by atoms with Crippen LogP contribution in [0.4, 0.5) is 0 Å². The fourth-order valence-electron chi connectivity index (χ4n) is 1.57. The lowest BCUT2D eigenvalue weighted by molar-refractivity contribution is -0.139. The maximum atomic E-state index is 11.8. The predicted octanol–water partition coefficient (Wildman–Crippen LogP) is 0.487. The van der Waals surface area contributed by atoms with Crippen molar-refractivity contribution in [1.29, 1.82) is 0 Å². The molecule has 0 radical (unpaired) electrons. The van der Waals surface area contributed by atoms with Gasteiger partial charge in [-0.05, 0) is 12.5 Å². The van der Waals surface area contributed by atoms with Crippen molar-refractivity contribution in [2.45, 2.75) is 32.2 Å². The average Bonchev–Trinajstić information content (AvgIpc) is 2.83. The summed E-state index contributed by atoms with van der Waals surface area (Å²) in [6, 6.07) is 0.351. The maximum Gasteiger partial charge on any atom is 0.326 e. The Hall–Kier alpha value is -2.31. The second-order valence-corrected chi connectivity index (χ2v) is 4.17. The lowest BCUT2D eigenvalue weighted by Crippen LogP contribution is -2.40. The fourth-order valence-corrected chi connectivity index (χ4v) is 1.57. The third kappa shape index (κ3) is 4.13. The Kier molecular flexibility index (Phi) is 5.11. The first-order valence-electron chi connectivity index (χ1n) is 5.97. The van der Waals surface area contributed by atoms with E-state index in [0.29, 0.717) is 12.8 Å². The highest BCUT2D eigenvalue weighted by molar-refractivity contribution is 5.99. The van der Waals surface area contributed by atoms with Crippen molar-refractivity contribution in [2.24, 2.45) is 5.73 Å². The van der Waals surface area contributed by atoms with E-state index in [4.69, 9.17) is 10.8 Å². The van der Waals surface area contributed by atoms with Crippen molar-refractivity contribution < 1.29 is 19.5 Å². The van der Waals surface area contributed by atoms with E-state index >= 15 is 0 Å². The molecule has 0 spiro atoms. The number of carbonyl (C=O) groups is 3. The molecule has 0 unspecified atom stereocenters. The van der Waals surface area contributed by atoms with Gasteiger partial charge in [0.2, 0.25) is 5.91 Å². The average molecular weight is 267 g/mol. The van der Waals surface area contributed by atoms with Crippen molar-refractivity contribution in [3.8, 4) is 0 Å². The topological polar surface area (TPSA) is 125 Å². The molecular formula is C12H17N3O4. The van der Waals surface area contributed by atoms with Crippen LogP contribution in [0.15, 0.2) is 12.3 Å². The van der Waals surface area contributed by atoms with Crippen LogP contribution in [0.25, 0.3) is 0 Å². The molecule has 1 atom stereocenters. The molecule has 1 aromatic heterocycles. The number of unbranched alkanes of at least 4 members (excludes halogenated alkanes) is 1. The van der Waals surface area contributed by atoms with Gasteiger partial charge in [-0.3, -0.25) is 9.59 Å². The zero-order valence-electron chi connectivity index (χ0n) is 10.6. The monoisotopic (exact) mass is 267 g/mol. The molecule has 0 saturated carbocycles. The van der Waals surface area contributed by atoms with Crippen LogP contribution < -0.4 is 11.1 Å². The number of carboxylic acids is 1. The van der Waals surface area contributed by atoms with Gasteiger partial charge in [-0.25, -0.2) is 4.79 Å². The summed E-state index contributed by atoms with van der Waals surface area (Å²) in [6.45, 7) is 1.94. The number of aromatic amines is 1. The van der Waals surface area contributed by atoms with E-state index in [2.05, 4.69) is 10.3 Å². The molecule has 0 aliphatic carbocycles. The van der Waals surface area contributed by atoms with E-state index in [1.165, 1.54) is 12.3 Å². The first-order chi connectivity index (χ1) is 8.95. The van der Waals surface area contributed by atoms with Crippen molar-refractivity contribution in [3.05, 3.63) is 23.5 Å². The number of hydrogen-bond donors (Lipinski definition) is 4. The number of hydrogen-bond acceptors (Lipinski definition) is 3. The fraction of sp³-hybridized carbons (Fsp3) is 0.417. The number of primary amides is 1. The summed E-state index contributed by atoms with van der Waals surface area (Å²) in [7, 11) is 0. The summed E-state index contributed by atoms with van der Waals surface area (Å²) >= 11 is 0. The Bertz CT molecular complexity index is 481. The number of nitrogens with one attached hydrogen (secondary N) is 2. The van der Waals surface area contributed by atoms with Gasteiger partial charge in [-0.2, -0.15) is 0 Å². The molecular weight excluding hydrogens is 250 g/mol. The van der Waals surface area contributed by atoms with Gasteiger partial charge in [-0.1, -0.05) is 19.8 Å². The van der Waals surface area contributed by atoms with E-state index in [1.807, 2.05) is 6.92 Å². The van der Waals surface area contributed by atoms with Crippen molar-refractivity contribution in [1.82, 2.24) is 10.3 Å². The number of carbonyl (C=O) groups excluding carboxylic acids is 2. The number of rotatable bonds is 7. The predicted molar refractivity (Wildman–Crippen MR) is 67.7 cm³/mol. The number of amides is 2. The maximum absolute atomic E-state index is 11.8. The Morgan fingerprint density at radius 1 is 1.47 bits per heavy atom. The minimum Gasteiger partial charge on any atom is -0.480 e.